The lowest BCUT2D eigenvalue weighted by atomic mass is 10.1. The summed E-state index contributed by atoms with van der Waals surface area (Å²) in [5.41, 5.74) is 3.09. The second kappa shape index (κ2) is 9.57. The maximum absolute atomic E-state index is 13.4. The second-order valence-corrected chi connectivity index (χ2v) is 8.33. The van der Waals surface area contributed by atoms with Crippen LogP contribution in [0.15, 0.2) is 73.3 Å². The van der Waals surface area contributed by atoms with Gasteiger partial charge in [0.2, 0.25) is 0 Å². The van der Waals surface area contributed by atoms with Gasteiger partial charge < -0.3 is 15.2 Å². The maximum atomic E-state index is 13.4. The minimum Gasteiger partial charge on any atom is -0.347 e. The predicted molar refractivity (Wildman–Crippen MR) is 122 cm³/mol. The molecule has 0 aliphatic rings. The maximum Gasteiger partial charge on any atom is 0.261 e. The van der Waals surface area contributed by atoms with E-state index in [4.69, 9.17) is 0 Å². The number of amides is 2. The zero-order valence-corrected chi connectivity index (χ0v) is 18.2. The Kier molecular flexibility index (Phi) is 6.42. The van der Waals surface area contributed by atoms with E-state index in [1.165, 1.54) is 35.6 Å². The van der Waals surface area contributed by atoms with Crippen molar-refractivity contribution < 1.29 is 14.0 Å². The van der Waals surface area contributed by atoms with Crippen LogP contribution in [0, 0.1) is 12.7 Å². The molecule has 0 saturated carbocycles. The number of halogens is 1. The third-order valence-electron chi connectivity index (χ3n) is 4.92. The first-order valence-electron chi connectivity index (χ1n) is 9.97. The summed E-state index contributed by atoms with van der Waals surface area (Å²) in [6.45, 7) is 2.86. The topological polar surface area (TPSA) is 76.0 Å². The molecule has 0 fully saturated rings. The number of thiophene rings is 1. The molecule has 2 N–H and O–H groups in total. The van der Waals surface area contributed by atoms with Gasteiger partial charge in [-0.2, -0.15) is 0 Å². The van der Waals surface area contributed by atoms with Gasteiger partial charge in [-0.25, -0.2) is 9.37 Å². The summed E-state index contributed by atoms with van der Waals surface area (Å²) in [7, 11) is 0. The Hall–Kier alpha value is -3.78. The van der Waals surface area contributed by atoms with Crippen LogP contribution in [-0.4, -0.2) is 21.4 Å². The van der Waals surface area contributed by atoms with Crippen molar-refractivity contribution in [2.75, 3.05) is 5.32 Å². The molecule has 0 atom stereocenters. The molecule has 4 rings (SSSR count). The first-order chi connectivity index (χ1) is 15.5. The summed E-state index contributed by atoms with van der Waals surface area (Å²) in [5, 5.41) is 6.23. The fraction of sp³-hybridized carbons (Fsp3) is 0.125. The van der Waals surface area contributed by atoms with Gasteiger partial charge in [-0.1, -0.05) is 30.3 Å². The highest BCUT2D eigenvalue weighted by Gasteiger charge is 2.16. The van der Waals surface area contributed by atoms with E-state index in [0.717, 1.165) is 16.7 Å². The number of aryl methyl sites for hydroxylation is 1. The number of anilines is 1. The number of rotatable bonds is 7. The average molecular weight is 449 g/mol. The van der Waals surface area contributed by atoms with Crippen LogP contribution in [0.4, 0.5) is 9.39 Å². The van der Waals surface area contributed by atoms with Gasteiger partial charge in [-0.05, 0) is 47.9 Å². The second-order valence-electron chi connectivity index (χ2n) is 7.27. The highest BCUT2D eigenvalue weighted by molar-refractivity contribution is 7.18. The van der Waals surface area contributed by atoms with Crippen molar-refractivity contribution in [1.82, 2.24) is 14.9 Å². The Balaban J connectivity index is 1.41. The van der Waals surface area contributed by atoms with E-state index in [1.54, 1.807) is 18.6 Å². The summed E-state index contributed by atoms with van der Waals surface area (Å²) in [6.07, 6.45) is 5.38. The molecule has 0 aliphatic heterocycles. The van der Waals surface area contributed by atoms with E-state index in [2.05, 4.69) is 15.6 Å². The Morgan fingerprint density at radius 2 is 1.88 bits per heavy atom. The van der Waals surface area contributed by atoms with Gasteiger partial charge in [-0.15, -0.1) is 11.3 Å². The monoisotopic (exact) mass is 448 g/mol. The molecule has 0 saturated heterocycles. The number of nitrogens with one attached hydrogen (secondary N) is 2. The normalized spacial score (nSPS) is 10.7. The highest BCUT2D eigenvalue weighted by atomic mass is 32.1. The average Bonchev–Trinajstić information content (AvgIpc) is 3.42. The van der Waals surface area contributed by atoms with Crippen molar-refractivity contribution in [2.45, 2.75) is 20.0 Å². The van der Waals surface area contributed by atoms with Gasteiger partial charge in [0.25, 0.3) is 11.8 Å². The smallest absolute Gasteiger partial charge is 0.261 e. The van der Waals surface area contributed by atoms with Gasteiger partial charge in [0.15, 0.2) is 0 Å². The van der Waals surface area contributed by atoms with E-state index in [0.29, 0.717) is 23.0 Å². The van der Waals surface area contributed by atoms with Crippen LogP contribution < -0.4 is 10.6 Å². The Bertz CT molecular complexity index is 1250. The van der Waals surface area contributed by atoms with Crippen LogP contribution >= 0.6 is 11.3 Å². The third-order valence-corrected chi connectivity index (χ3v) is 6.07. The van der Waals surface area contributed by atoms with Crippen LogP contribution in [-0.2, 0) is 13.1 Å². The SMILES string of the molecule is Cc1cc(NC(=O)c2cccc(F)c2)sc1C(=O)NCc1ccccc1Cn1ccnc1. The number of imidazole rings is 1. The van der Waals surface area contributed by atoms with E-state index in [-0.39, 0.29) is 11.5 Å². The minimum absolute atomic E-state index is 0.212. The number of carbonyl (C=O) groups is 2. The molecule has 2 heterocycles. The number of carbonyl (C=O) groups excluding carboxylic acids is 2. The molecule has 8 heteroatoms. The van der Waals surface area contributed by atoms with Crippen molar-refractivity contribution in [3.63, 3.8) is 0 Å². The predicted octanol–water partition coefficient (Wildman–Crippen LogP) is 4.62. The number of aromatic nitrogens is 2. The molecule has 0 aliphatic carbocycles. The van der Waals surface area contributed by atoms with E-state index < -0.39 is 11.7 Å². The molecule has 0 spiro atoms. The molecule has 162 valence electrons. The molecule has 2 aromatic carbocycles. The third kappa shape index (κ3) is 5.09. The number of benzene rings is 2. The minimum atomic E-state index is -0.478. The lowest BCUT2D eigenvalue weighted by Crippen LogP contribution is -2.23. The molecule has 6 nitrogen and oxygen atoms in total. The van der Waals surface area contributed by atoms with E-state index >= 15 is 0 Å². The van der Waals surface area contributed by atoms with Crippen molar-refractivity contribution in [3.8, 4) is 0 Å². The lowest BCUT2D eigenvalue weighted by molar-refractivity contribution is 0.0953. The van der Waals surface area contributed by atoms with Gasteiger partial charge in [-0.3, -0.25) is 9.59 Å². The molecule has 2 aromatic heterocycles. The fourth-order valence-corrected chi connectivity index (χ4v) is 4.28. The molecule has 0 radical (unpaired) electrons. The van der Waals surface area contributed by atoms with Crippen LogP contribution in [0.3, 0.4) is 0 Å². The van der Waals surface area contributed by atoms with Crippen LogP contribution in [0.1, 0.15) is 36.7 Å². The summed E-state index contributed by atoms with van der Waals surface area (Å²) in [6, 6.07) is 15.1. The highest BCUT2D eigenvalue weighted by Crippen LogP contribution is 2.27. The quantitative estimate of drug-likeness (QED) is 0.433. The first kappa shape index (κ1) is 21.5. The molecule has 0 bridgehead atoms. The summed E-state index contributed by atoms with van der Waals surface area (Å²) in [4.78, 5) is 29.7. The van der Waals surface area contributed by atoms with E-state index in [9.17, 15) is 14.0 Å². The molecule has 2 amide bonds. The van der Waals surface area contributed by atoms with E-state index in [1.807, 2.05) is 42.0 Å². The largest absolute Gasteiger partial charge is 0.347 e. The van der Waals surface area contributed by atoms with Gasteiger partial charge in [0.05, 0.1) is 16.2 Å². The summed E-state index contributed by atoms with van der Waals surface area (Å²) >= 11 is 1.19. The molecule has 0 unspecified atom stereocenters. The molecule has 32 heavy (non-hydrogen) atoms. The van der Waals surface area contributed by atoms with Crippen molar-refractivity contribution in [3.05, 3.63) is 106 Å². The first-order valence-corrected chi connectivity index (χ1v) is 10.8. The van der Waals surface area contributed by atoms with Crippen LogP contribution in [0.2, 0.25) is 0 Å². The van der Waals surface area contributed by atoms with Crippen molar-refractivity contribution in [2.24, 2.45) is 0 Å². The Morgan fingerprint density at radius 1 is 1.06 bits per heavy atom. The van der Waals surface area contributed by atoms with Crippen molar-refractivity contribution >= 4 is 28.2 Å². The molecular weight excluding hydrogens is 427 g/mol. The summed E-state index contributed by atoms with van der Waals surface area (Å²) in [5.74, 6) is -1.12. The Labute approximate surface area is 188 Å². The standard InChI is InChI=1S/C24H21FN4O2S/c1-16-11-21(28-23(30)17-7-4-8-20(25)12-17)32-22(16)24(31)27-13-18-5-2-3-6-19(18)14-29-10-9-26-15-29/h2-12,15H,13-14H2,1H3,(H,27,31)(H,28,30). The number of nitrogens with zero attached hydrogens (tertiary/aromatic N) is 2. The zero-order chi connectivity index (χ0) is 22.5. The van der Waals surface area contributed by atoms with Crippen LogP contribution in [0.5, 0.6) is 0 Å². The number of hydrogen-bond donors (Lipinski definition) is 2. The zero-order valence-electron chi connectivity index (χ0n) is 17.3. The van der Waals surface area contributed by atoms with Gasteiger partial charge in [0.1, 0.15) is 5.82 Å². The summed E-state index contributed by atoms with van der Waals surface area (Å²) < 4.78 is 15.3. The van der Waals surface area contributed by atoms with Gasteiger partial charge >= 0.3 is 0 Å². The molecule has 4 aromatic rings. The van der Waals surface area contributed by atoms with Crippen molar-refractivity contribution in [1.29, 1.82) is 0 Å². The van der Waals surface area contributed by atoms with Crippen LogP contribution in [0.25, 0.3) is 0 Å². The number of hydrogen-bond acceptors (Lipinski definition) is 4. The fourth-order valence-electron chi connectivity index (χ4n) is 3.30. The lowest BCUT2D eigenvalue weighted by Gasteiger charge is -2.11. The molecular formula is C24H21FN4O2S. The Morgan fingerprint density at radius 3 is 2.62 bits per heavy atom. The van der Waals surface area contributed by atoms with Gasteiger partial charge in [0, 0.05) is 31.0 Å².